The molecule has 2 N–H and O–H groups in total. The lowest BCUT2D eigenvalue weighted by Crippen LogP contribution is -2.34. The van der Waals surface area contributed by atoms with Gasteiger partial charge in [0.15, 0.2) is 0 Å². The number of aliphatic hydroxyl groups excluding tert-OH is 1. The minimum Gasteiger partial charge on any atom is -0.393 e. The van der Waals surface area contributed by atoms with Crippen molar-refractivity contribution in [3.05, 3.63) is 18.4 Å². The third kappa shape index (κ3) is 6.84. The summed E-state index contributed by atoms with van der Waals surface area (Å²) in [6.07, 6.45) is 5.34. The fraction of sp³-hybridized carbons (Fsp3) is 0.786. The van der Waals surface area contributed by atoms with Crippen LogP contribution in [-0.2, 0) is 0 Å². The van der Waals surface area contributed by atoms with Crippen LogP contribution < -0.4 is 0 Å². The summed E-state index contributed by atoms with van der Waals surface area (Å²) in [7, 11) is 0. The lowest BCUT2D eigenvalue weighted by atomic mass is 9.83. The first-order valence-electron chi connectivity index (χ1n) is 6.20. The van der Waals surface area contributed by atoms with Gasteiger partial charge in [0.1, 0.15) is 0 Å². The van der Waals surface area contributed by atoms with Crippen molar-refractivity contribution in [2.45, 2.75) is 64.6 Å². The van der Waals surface area contributed by atoms with E-state index in [1.165, 1.54) is 0 Å². The summed E-state index contributed by atoms with van der Waals surface area (Å²) in [6.45, 7) is 9.42. The van der Waals surface area contributed by atoms with E-state index in [9.17, 15) is 10.2 Å². The zero-order valence-corrected chi connectivity index (χ0v) is 10.9. The van der Waals surface area contributed by atoms with E-state index in [-0.39, 0.29) is 5.92 Å². The van der Waals surface area contributed by atoms with Crippen molar-refractivity contribution in [2.24, 2.45) is 5.92 Å². The zero-order chi connectivity index (χ0) is 12.6. The Morgan fingerprint density at radius 1 is 1.38 bits per heavy atom. The van der Waals surface area contributed by atoms with Gasteiger partial charge in [-0.15, -0.1) is 5.73 Å². The van der Waals surface area contributed by atoms with Crippen LogP contribution in [-0.4, -0.2) is 21.9 Å². The summed E-state index contributed by atoms with van der Waals surface area (Å²) in [5, 5.41) is 19.9. The van der Waals surface area contributed by atoms with E-state index in [1.807, 2.05) is 13.0 Å². The summed E-state index contributed by atoms with van der Waals surface area (Å²) in [6, 6.07) is 0. The molecule has 0 aliphatic heterocycles. The second-order valence-corrected chi connectivity index (χ2v) is 4.93. The number of allylic oxidation sites excluding steroid dienone is 1. The Labute approximate surface area is 99.7 Å². The van der Waals surface area contributed by atoms with Gasteiger partial charge in [-0.3, -0.25) is 0 Å². The molecule has 0 saturated carbocycles. The van der Waals surface area contributed by atoms with Crippen LogP contribution in [0.5, 0.6) is 0 Å². The first kappa shape index (κ1) is 15.4. The van der Waals surface area contributed by atoms with E-state index in [2.05, 4.69) is 19.2 Å². The van der Waals surface area contributed by atoms with Crippen molar-refractivity contribution >= 4 is 0 Å². The molecule has 16 heavy (non-hydrogen) atoms. The summed E-state index contributed by atoms with van der Waals surface area (Å²) < 4.78 is 0. The molecule has 0 heterocycles. The highest BCUT2D eigenvalue weighted by Crippen LogP contribution is 2.28. The highest BCUT2D eigenvalue weighted by atomic mass is 16.3. The van der Waals surface area contributed by atoms with Crippen LogP contribution in [0.4, 0.5) is 0 Å². The second-order valence-electron chi connectivity index (χ2n) is 4.93. The predicted molar refractivity (Wildman–Crippen MR) is 68.3 cm³/mol. The van der Waals surface area contributed by atoms with Gasteiger partial charge in [-0.1, -0.05) is 33.3 Å². The number of unbranched alkanes of at least 4 members (excludes halogenated alkanes) is 1. The highest BCUT2D eigenvalue weighted by molar-refractivity contribution is 4.90. The van der Waals surface area contributed by atoms with Gasteiger partial charge in [-0.2, -0.15) is 0 Å². The zero-order valence-electron chi connectivity index (χ0n) is 10.9. The van der Waals surface area contributed by atoms with E-state index in [1.54, 1.807) is 6.92 Å². The first-order chi connectivity index (χ1) is 7.43. The molecule has 0 bridgehead atoms. The van der Waals surface area contributed by atoms with Crippen LogP contribution in [0.2, 0.25) is 0 Å². The van der Waals surface area contributed by atoms with Crippen molar-refractivity contribution in [3.63, 3.8) is 0 Å². The molecule has 0 aromatic carbocycles. The Balaban J connectivity index is 4.44. The predicted octanol–water partition coefficient (Wildman–Crippen LogP) is 3.05. The quantitative estimate of drug-likeness (QED) is 0.624. The van der Waals surface area contributed by atoms with Gasteiger partial charge in [-0.05, 0) is 31.8 Å². The van der Waals surface area contributed by atoms with Gasteiger partial charge in [-0.25, -0.2) is 0 Å². The summed E-state index contributed by atoms with van der Waals surface area (Å²) in [4.78, 5) is 0. The van der Waals surface area contributed by atoms with Crippen LogP contribution in [0.15, 0.2) is 18.4 Å². The molecule has 0 aliphatic rings. The van der Waals surface area contributed by atoms with E-state index in [0.717, 1.165) is 19.3 Å². The van der Waals surface area contributed by atoms with Gasteiger partial charge in [0, 0.05) is 6.42 Å². The van der Waals surface area contributed by atoms with E-state index < -0.39 is 11.7 Å². The molecule has 2 nitrogen and oxygen atoms in total. The molecular weight excluding hydrogens is 200 g/mol. The molecule has 2 heteroatoms. The minimum absolute atomic E-state index is 0.248. The van der Waals surface area contributed by atoms with Crippen LogP contribution in [0.1, 0.15) is 52.9 Å². The maximum Gasteiger partial charge on any atom is 0.0678 e. The molecule has 0 aliphatic carbocycles. The van der Waals surface area contributed by atoms with Gasteiger partial charge >= 0.3 is 0 Å². The highest BCUT2D eigenvalue weighted by Gasteiger charge is 2.29. The standard InChI is InChI=1S/C14H26O2/c1-5-7-9-14(16,11-13(4)15)10-12(3)8-6-2/h8,12-13,15-16H,2,5,7,9-11H2,1,3-4H3. The Kier molecular flexibility index (Phi) is 7.40. The molecule has 0 amide bonds. The Morgan fingerprint density at radius 3 is 2.44 bits per heavy atom. The largest absolute Gasteiger partial charge is 0.393 e. The topological polar surface area (TPSA) is 40.5 Å². The third-order valence-electron chi connectivity index (χ3n) is 2.78. The fourth-order valence-electron chi connectivity index (χ4n) is 2.20. The molecule has 0 rings (SSSR count). The normalized spacial score (nSPS) is 18.3. The number of rotatable bonds is 8. The first-order valence-corrected chi connectivity index (χ1v) is 6.20. The van der Waals surface area contributed by atoms with Crippen molar-refractivity contribution in [2.75, 3.05) is 0 Å². The van der Waals surface area contributed by atoms with Gasteiger partial charge < -0.3 is 10.2 Å². The number of hydrogen-bond donors (Lipinski definition) is 2. The molecule has 0 radical (unpaired) electrons. The molecule has 94 valence electrons. The van der Waals surface area contributed by atoms with Crippen molar-refractivity contribution in [3.8, 4) is 0 Å². The molecule has 0 saturated heterocycles. The number of hydrogen-bond acceptors (Lipinski definition) is 2. The molecule has 3 atom stereocenters. The van der Waals surface area contributed by atoms with Crippen molar-refractivity contribution in [1.29, 1.82) is 0 Å². The van der Waals surface area contributed by atoms with Crippen molar-refractivity contribution < 1.29 is 10.2 Å². The SMILES string of the molecule is C=C=CC(C)CC(O)(CCCC)CC(C)O. The summed E-state index contributed by atoms with van der Waals surface area (Å²) in [5.74, 6) is 0.248. The van der Waals surface area contributed by atoms with Gasteiger partial charge in [0.25, 0.3) is 0 Å². The maximum atomic E-state index is 10.5. The smallest absolute Gasteiger partial charge is 0.0678 e. The minimum atomic E-state index is -0.753. The van der Waals surface area contributed by atoms with Crippen LogP contribution in [0.25, 0.3) is 0 Å². The lowest BCUT2D eigenvalue weighted by Gasteiger charge is -2.31. The average molecular weight is 226 g/mol. The molecule has 3 unspecified atom stereocenters. The van der Waals surface area contributed by atoms with E-state index >= 15 is 0 Å². The molecule has 0 aromatic heterocycles. The Morgan fingerprint density at radius 2 is 2.00 bits per heavy atom. The number of aliphatic hydroxyl groups is 2. The molecular formula is C14H26O2. The Hall–Kier alpha value is -0.560. The van der Waals surface area contributed by atoms with Crippen LogP contribution >= 0.6 is 0 Å². The van der Waals surface area contributed by atoms with Crippen LogP contribution in [0.3, 0.4) is 0 Å². The Bertz CT molecular complexity index is 229. The summed E-state index contributed by atoms with van der Waals surface area (Å²) in [5.41, 5.74) is 2.00. The van der Waals surface area contributed by atoms with E-state index in [0.29, 0.717) is 12.8 Å². The van der Waals surface area contributed by atoms with Crippen LogP contribution in [0, 0.1) is 5.92 Å². The van der Waals surface area contributed by atoms with Gasteiger partial charge in [0.05, 0.1) is 11.7 Å². The third-order valence-corrected chi connectivity index (χ3v) is 2.78. The lowest BCUT2D eigenvalue weighted by molar-refractivity contribution is -0.0273. The second kappa shape index (κ2) is 7.67. The van der Waals surface area contributed by atoms with Gasteiger partial charge in [0.2, 0.25) is 0 Å². The summed E-state index contributed by atoms with van der Waals surface area (Å²) >= 11 is 0. The monoisotopic (exact) mass is 226 g/mol. The molecule has 0 spiro atoms. The molecule has 0 fully saturated rings. The average Bonchev–Trinajstić information content (AvgIpc) is 2.13. The van der Waals surface area contributed by atoms with Crippen molar-refractivity contribution in [1.82, 2.24) is 0 Å². The molecule has 0 aromatic rings. The fourth-order valence-corrected chi connectivity index (χ4v) is 2.20. The maximum absolute atomic E-state index is 10.5. The van der Waals surface area contributed by atoms with E-state index in [4.69, 9.17) is 0 Å².